The number of furan rings is 1. The lowest BCUT2D eigenvalue weighted by Gasteiger charge is -2.31. The molecular formula is C49H31NO. The molecule has 1 heterocycles. The van der Waals surface area contributed by atoms with Gasteiger partial charge in [-0.3, -0.25) is 0 Å². The first-order valence-electron chi connectivity index (χ1n) is 17.6. The van der Waals surface area contributed by atoms with E-state index in [1.165, 1.54) is 60.8 Å². The summed E-state index contributed by atoms with van der Waals surface area (Å²) in [5.74, 6) is 1.00. The maximum atomic E-state index is 7.11. The lowest BCUT2D eigenvalue weighted by Crippen LogP contribution is -2.25. The Balaban J connectivity index is 1.25. The summed E-state index contributed by atoms with van der Waals surface area (Å²) in [4.78, 5) is 2.47. The summed E-state index contributed by atoms with van der Waals surface area (Å²) in [6.45, 7) is 0. The number of rotatable bonds is 4. The van der Waals surface area contributed by atoms with Crippen molar-refractivity contribution < 1.29 is 4.42 Å². The first-order chi connectivity index (χ1) is 25.3. The van der Waals surface area contributed by atoms with E-state index in [9.17, 15) is 0 Å². The van der Waals surface area contributed by atoms with Crippen LogP contribution in [0, 0.1) is 0 Å². The van der Waals surface area contributed by atoms with E-state index in [0.717, 1.165) is 33.8 Å². The predicted molar refractivity (Wildman–Crippen MR) is 210 cm³/mol. The van der Waals surface area contributed by atoms with Crippen molar-refractivity contribution in [3.63, 3.8) is 0 Å². The average molecular weight is 650 g/mol. The molecule has 2 aliphatic carbocycles. The summed E-state index contributed by atoms with van der Waals surface area (Å²) in [7, 11) is 0. The zero-order chi connectivity index (χ0) is 33.5. The minimum absolute atomic E-state index is 0.589. The van der Waals surface area contributed by atoms with E-state index in [1.807, 2.05) is 0 Å². The molecule has 0 N–H and O–H groups in total. The monoisotopic (exact) mass is 649 g/mol. The molecule has 238 valence electrons. The van der Waals surface area contributed by atoms with Gasteiger partial charge in [-0.05, 0) is 74.7 Å². The molecular weight excluding hydrogens is 619 g/mol. The number of fused-ring (bicyclic) bond motifs is 13. The van der Waals surface area contributed by atoms with Crippen LogP contribution >= 0.6 is 0 Å². The highest BCUT2D eigenvalue weighted by Crippen LogP contribution is 2.66. The van der Waals surface area contributed by atoms with Gasteiger partial charge in [0.15, 0.2) is 0 Å². The van der Waals surface area contributed by atoms with Gasteiger partial charge in [-0.25, -0.2) is 0 Å². The van der Waals surface area contributed by atoms with E-state index in [4.69, 9.17) is 4.42 Å². The van der Waals surface area contributed by atoms with Gasteiger partial charge in [-0.2, -0.15) is 0 Å². The van der Waals surface area contributed by atoms with Gasteiger partial charge in [0.05, 0.1) is 11.4 Å². The average Bonchev–Trinajstić information content (AvgIpc) is 3.83. The number of hydrogen-bond acceptors (Lipinski definition) is 2. The Morgan fingerprint density at radius 3 is 1.75 bits per heavy atom. The topological polar surface area (TPSA) is 16.4 Å². The van der Waals surface area contributed by atoms with Crippen molar-refractivity contribution in [3.8, 4) is 33.4 Å². The second-order valence-electron chi connectivity index (χ2n) is 13.6. The molecule has 51 heavy (non-hydrogen) atoms. The van der Waals surface area contributed by atoms with Crippen LogP contribution in [0.1, 0.15) is 22.5 Å². The van der Waals surface area contributed by atoms with Crippen LogP contribution in [0.5, 0.6) is 0 Å². The van der Waals surface area contributed by atoms with Gasteiger partial charge in [0, 0.05) is 27.6 Å². The molecule has 0 unspecified atom stereocenters. The van der Waals surface area contributed by atoms with Gasteiger partial charge in [0.25, 0.3) is 0 Å². The normalized spacial score (nSPS) is 13.3. The first-order valence-corrected chi connectivity index (χ1v) is 17.6. The first kappa shape index (κ1) is 28.2. The summed E-state index contributed by atoms with van der Waals surface area (Å²) >= 11 is 0. The quantitative estimate of drug-likeness (QED) is 0.189. The fourth-order valence-corrected chi connectivity index (χ4v) is 9.00. The van der Waals surface area contributed by atoms with Crippen molar-refractivity contribution in [2.45, 2.75) is 5.41 Å². The van der Waals surface area contributed by atoms with Crippen LogP contribution in [0.4, 0.5) is 17.1 Å². The molecule has 0 atom stereocenters. The van der Waals surface area contributed by atoms with E-state index < -0.39 is 5.41 Å². The van der Waals surface area contributed by atoms with Crippen molar-refractivity contribution in [1.82, 2.24) is 0 Å². The molecule has 9 aromatic rings. The van der Waals surface area contributed by atoms with Gasteiger partial charge >= 0.3 is 0 Å². The maximum absolute atomic E-state index is 7.11. The van der Waals surface area contributed by atoms with E-state index in [0.29, 0.717) is 0 Å². The molecule has 8 aromatic carbocycles. The Morgan fingerprint density at radius 1 is 0.392 bits per heavy atom. The largest absolute Gasteiger partial charge is 0.459 e. The molecule has 0 saturated heterocycles. The van der Waals surface area contributed by atoms with Crippen molar-refractivity contribution in [2.24, 2.45) is 0 Å². The molecule has 0 saturated carbocycles. The van der Waals surface area contributed by atoms with Crippen molar-refractivity contribution in [2.75, 3.05) is 4.90 Å². The standard InChI is InChI=1S/C49H31NO/c1-2-14-32(15-3-1)33-28-30-35(31-29-33)50(43-25-12-17-34-16-4-5-18-36(34)43)44-26-13-24-42-47(44)46-39-21-8-11-27-45(39)51-48(46)49(42)40-22-9-6-19-37(40)38-20-7-10-23-41(38)49/h1-31H. The Bertz CT molecular complexity index is 2760. The highest BCUT2D eigenvalue weighted by molar-refractivity contribution is 6.10. The molecule has 2 nitrogen and oxygen atoms in total. The molecule has 1 aromatic heterocycles. The summed E-state index contributed by atoms with van der Waals surface area (Å²) in [5, 5.41) is 3.54. The van der Waals surface area contributed by atoms with E-state index in [-0.39, 0.29) is 0 Å². The van der Waals surface area contributed by atoms with Gasteiger partial charge in [0.2, 0.25) is 0 Å². The second-order valence-corrected chi connectivity index (χ2v) is 13.6. The molecule has 0 radical (unpaired) electrons. The fourth-order valence-electron chi connectivity index (χ4n) is 9.00. The third-order valence-corrected chi connectivity index (χ3v) is 11.1. The highest BCUT2D eigenvalue weighted by atomic mass is 16.3. The summed E-state index contributed by atoms with van der Waals surface area (Å²) in [6, 6.07) is 68.2. The third kappa shape index (κ3) is 3.82. The molecule has 2 heteroatoms. The summed E-state index contributed by atoms with van der Waals surface area (Å²) < 4.78 is 7.11. The molecule has 11 rings (SSSR count). The predicted octanol–water partition coefficient (Wildman–Crippen LogP) is 13.1. The number of para-hydroxylation sites is 1. The Hall–Kier alpha value is -6.64. The summed E-state index contributed by atoms with van der Waals surface area (Å²) in [5.41, 5.74) is 14.8. The lowest BCUT2D eigenvalue weighted by atomic mass is 9.73. The van der Waals surface area contributed by atoms with Gasteiger partial charge in [-0.1, -0.05) is 158 Å². The number of anilines is 3. The minimum atomic E-state index is -0.589. The number of nitrogens with zero attached hydrogens (tertiary/aromatic N) is 1. The SMILES string of the molecule is c1ccc(-c2ccc(N(c3cccc4c3-c3c(oc5ccccc35)C43c4ccccc4-c4ccccc43)c3cccc4ccccc34)cc2)cc1. The van der Waals surface area contributed by atoms with Crippen LogP contribution in [0.2, 0.25) is 0 Å². The van der Waals surface area contributed by atoms with Crippen LogP contribution < -0.4 is 4.90 Å². The zero-order valence-corrected chi connectivity index (χ0v) is 27.8. The van der Waals surface area contributed by atoms with Crippen LogP contribution in [-0.2, 0) is 5.41 Å². The van der Waals surface area contributed by atoms with Gasteiger partial charge in [0.1, 0.15) is 16.8 Å². The van der Waals surface area contributed by atoms with Gasteiger partial charge in [-0.15, -0.1) is 0 Å². The van der Waals surface area contributed by atoms with Crippen LogP contribution in [0.3, 0.4) is 0 Å². The van der Waals surface area contributed by atoms with Gasteiger partial charge < -0.3 is 9.32 Å². The smallest absolute Gasteiger partial charge is 0.135 e. The number of hydrogen-bond donors (Lipinski definition) is 0. The zero-order valence-electron chi connectivity index (χ0n) is 27.8. The molecule has 0 aliphatic heterocycles. The lowest BCUT2D eigenvalue weighted by molar-refractivity contribution is 0.507. The molecule has 0 bridgehead atoms. The highest BCUT2D eigenvalue weighted by Gasteiger charge is 2.55. The Morgan fingerprint density at radius 2 is 0.961 bits per heavy atom. The molecule has 0 fully saturated rings. The van der Waals surface area contributed by atoms with E-state index in [1.54, 1.807) is 0 Å². The van der Waals surface area contributed by atoms with Crippen LogP contribution in [0.25, 0.3) is 55.1 Å². The van der Waals surface area contributed by atoms with E-state index >= 15 is 0 Å². The van der Waals surface area contributed by atoms with E-state index in [2.05, 4.69) is 193 Å². The van der Waals surface area contributed by atoms with Crippen molar-refractivity contribution >= 4 is 38.8 Å². The maximum Gasteiger partial charge on any atom is 0.135 e. The molecule has 1 spiro atoms. The molecule has 2 aliphatic rings. The van der Waals surface area contributed by atoms with Crippen molar-refractivity contribution in [3.05, 3.63) is 211 Å². The molecule has 0 amide bonds. The second kappa shape index (κ2) is 10.7. The van der Waals surface area contributed by atoms with Crippen molar-refractivity contribution in [1.29, 1.82) is 0 Å². The summed E-state index contributed by atoms with van der Waals surface area (Å²) in [6.07, 6.45) is 0. The van der Waals surface area contributed by atoms with Crippen LogP contribution in [0.15, 0.2) is 192 Å². The van der Waals surface area contributed by atoms with Crippen LogP contribution in [-0.4, -0.2) is 0 Å². The number of benzene rings is 8. The Kier molecular flexibility index (Phi) is 5.91. The Labute approximate surface area is 296 Å². The minimum Gasteiger partial charge on any atom is -0.459 e. The fraction of sp³-hybridized carbons (Fsp3) is 0.0204. The third-order valence-electron chi connectivity index (χ3n) is 11.1.